The van der Waals surface area contributed by atoms with E-state index in [0.29, 0.717) is 24.4 Å². The predicted molar refractivity (Wildman–Crippen MR) is 75.5 cm³/mol. The average molecular weight is 293 g/mol. The highest BCUT2D eigenvalue weighted by Crippen LogP contribution is 2.26. The molecule has 1 aliphatic rings. The van der Waals surface area contributed by atoms with Crippen LogP contribution in [-0.2, 0) is 11.3 Å². The number of carboxylic acid groups (broad SMARTS) is 1. The molecule has 2 rings (SSSR count). The van der Waals surface area contributed by atoms with E-state index in [-0.39, 0.29) is 12.2 Å². The Morgan fingerprint density at radius 1 is 1.43 bits per heavy atom. The first-order valence-corrected chi connectivity index (χ1v) is 6.75. The van der Waals surface area contributed by atoms with Crippen molar-refractivity contribution in [3.05, 3.63) is 29.3 Å². The van der Waals surface area contributed by atoms with Crippen molar-refractivity contribution in [3.8, 4) is 5.75 Å². The minimum Gasteiger partial charge on any atom is -0.496 e. The molecule has 0 saturated carbocycles. The average Bonchev–Trinajstić information content (AvgIpc) is 2.79. The maximum absolute atomic E-state index is 11.5. The Bertz CT molecular complexity index is 557. The fourth-order valence-corrected chi connectivity index (χ4v) is 2.65. The molecule has 1 aromatic rings. The summed E-state index contributed by atoms with van der Waals surface area (Å²) in [7, 11) is 1.53. The van der Waals surface area contributed by atoms with Gasteiger partial charge in [0.2, 0.25) is 0 Å². The third kappa shape index (κ3) is 3.40. The van der Waals surface area contributed by atoms with Crippen LogP contribution in [0.5, 0.6) is 5.75 Å². The monoisotopic (exact) mass is 293 g/mol. The molecule has 1 saturated heterocycles. The number of benzene rings is 1. The zero-order valence-corrected chi connectivity index (χ0v) is 12.1. The maximum Gasteiger partial charge on any atom is 0.321 e. The molecule has 0 amide bonds. The summed E-state index contributed by atoms with van der Waals surface area (Å²) < 4.78 is 5.27. The Labute approximate surface area is 122 Å². The topological polar surface area (TPSA) is 87.1 Å². The minimum absolute atomic E-state index is 0.0601. The number of ketones is 1. The van der Waals surface area contributed by atoms with Crippen molar-refractivity contribution in [3.63, 3.8) is 0 Å². The van der Waals surface area contributed by atoms with E-state index in [2.05, 4.69) is 0 Å². The number of carbonyl (C=O) groups is 2. The number of methoxy groups -OCH3 is 1. The molecule has 0 aliphatic carbocycles. The summed E-state index contributed by atoms with van der Waals surface area (Å²) in [6, 6.07) is 4.38. The predicted octanol–water partition coefficient (Wildman–Crippen LogP) is 0.918. The number of hydrogen-bond acceptors (Lipinski definition) is 5. The number of hydrogen-bond donors (Lipinski definition) is 2. The molecule has 2 atom stereocenters. The Balaban J connectivity index is 2.27. The van der Waals surface area contributed by atoms with Gasteiger partial charge >= 0.3 is 5.97 Å². The van der Waals surface area contributed by atoms with Gasteiger partial charge in [-0.15, -0.1) is 0 Å². The molecule has 1 heterocycles. The number of β-amino-alcohol motifs (C(OH)–C–C–N with tert-alkyl or cyclic N) is 1. The standard InChI is InChI=1S/C15H19NO5/c1-9(17)10-3-4-14(21-2)11(5-10)7-16-8-12(18)6-13(16)15(19)20/h3-5,12-13,18H,6-8H2,1-2H3,(H,19,20). The van der Waals surface area contributed by atoms with Gasteiger partial charge in [0.25, 0.3) is 0 Å². The number of carboxylic acids is 1. The minimum atomic E-state index is -0.951. The van der Waals surface area contributed by atoms with Crippen molar-refractivity contribution in [2.45, 2.75) is 32.0 Å². The van der Waals surface area contributed by atoms with E-state index in [9.17, 15) is 19.8 Å². The number of likely N-dealkylation sites (tertiary alicyclic amines) is 1. The SMILES string of the molecule is COc1ccc(C(C)=O)cc1CN1CC(O)CC1C(=O)O. The van der Waals surface area contributed by atoms with E-state index < -0.39 is 18.1 Å². The molecular formula is C15H19NO5. The number of ether oxygens (including phenoxy) is 1. The van der Waals surface area contributed by atoms with Crippen molar-refractivity contribution in [2.24, 2.45) is 0 Å². The number of Topliss-reactive ketones (excluding diaryl/α,β-unsaturated/α-hetero) is 1. The van der Waals surface area contributed by atoms with Gasteiger partial charge in [0.05, 0.1) is 13.2 Å². The smallest absolute Gasteiger partial charge is 0.321 e. The number of rotatable bonds is 5. The lowest BCUT2D eigenvalue weighted by atomic mass is 10.1. The molecule has 1 fully saturated rings. The number of nitrogens with zero attached hydrogens (tertiary/aromatic N) is 1. The van der Waals surface area contributed by atoms with E-state index in [1.807, 2.05) is 0 Å². The molecule has 6 nitrogen and oxygen atoms in total. The third-order valence-corrected chi connectivity index (χ3v) is 3.73. The van der Waals surface area contributed by atoms with Crippen molar-refractivity contribution in [2.75, 3.05) is 13.7 Å². The molecule has 114 valence electrons. The lowest BCUT2D eigenvalue weighted by molar-refractivity contribution is -0.142. The molecule has 0 radical (unpaired) electrons. The van der Waals surface area contributed by atoms with E-state index >= 15 is 0 Å². The first-order chi connectivity index (χ1) is 9.92. The molecule has 21 heavy (non-hydrogen) atoms. The van der Waals surface area contributed by atoms with E-state index in [1.165, 1.54) is 14.0 Å². The molecule has 2 unspecified atom stereocenters. The van der Waals surface area contributed by atoms with Crippen LogP contribution < -0.4 is 4.74 Å². The maximum atomic E-state index is 11.5. The highest BCUT2D eigenvalue weighted by Gasteiger charge is 2.36. The van der Waals surface area contributed by atoms with Gasteiger partial charge in [-0.05, 0) is 25.1 Å². The fourth-order valence-electron chi connectivity index (χ4n) is 2.65. The second kappa shape index (κ2) is 6.24. The van der Waals surface area contributed by atoms with Crippen molar-refractivity contribution in [1.29, 1.82) is 0 Å². The van der Waals surface area contributed by atoms with Gasteiger partial charge in [0, 0.05) is 30.6 Å². The fraction of sp³-hybridized carbons (Fsp3) is 0.467. The Morgan fingerprint density at radius 2 is 2.14 bits per heavy atom. The molecule has 0 bridgehead atoms. The summed E-state index contributed by atoms with van der Waals surface area (Å²) in [4.78, 5) is 24.4. The van der Waals surface area contributed by atoms with E-state index in [4.69, 9.17) is 4.74 Å². The molecule has 6 heteroatoms. The molecule has 1 aromatic carbocycles. The van der Waals surface area contributed by atoms with Gasteiger partial charge in [0.15, 0.2) is 5.78 Å². The second-order valence-electron chi connectivity index (χ2n) is 5.26. The van der Waals surface area contributed by atoms with Crippen molar-refractivity contribution >= 4 is 11.8 Å². The van der Waals surface area contributed by atoms with Gasteiger partial charge in [-0.25, -0.2) is 0 Å². The largest absolute Gasteiger partial charge is 0.496 e. The van der Waals surface area contributed by atoms with E-state index in [0.717, 1.165) is 5.56 Å². The Morgan fingerprint density at radius 3 is 2.71 bits per heavy atom. The molecule has 2 N–H and O–H groups in total. The summed E-state index contributed by atoms with van der Waals surface area (Å²) in [6.45, 7) is 2.09. The summed E-state index contributed by atoms with van der Waals surface area (Å²) in [6.07, 6.45) is -0.433. The quantitative estimate of drug-likeness (QED) is 0.785. The van der Waals surface area contributed by atoms with Gasteiger partial charge < -0.3 is 14.9 Å². The normalized spacial score (nSPS) is 22.2. The Hall–Kier alpha value is -1.92. The third-order valence-electron chi connectivity index (χ3n) is 3.73. The van der Waals surface area contributed by atoms with Crippen LogP contribution in [0.25, 0.3) is 0 Å². The Kier molecular flexibility index (Phi) is 4.59. The van der Waals surface area contributed by atoms with Crippen LogP contribution in [0.1, 0.15) is 29.3 Å². The number of aliphatic hydroxyl groups excluding tert-OH is 1. The number of aliphatic carboxylic acids is 1. The van der Waals surface area contributed by atoms with Crippen molar-refractivity contribution < 1.29 is 24.5 Å². The highest BCUT2D eigenvalue weighted by molar-refractivity contribution is 5.94. The van der Waals surface area contributed by atoms with Crippen LogP contribution in [0.3, 0.4) is 0 Å². The van der Waals surface area contributed by atoms with Crippen LogP contribution in [-0.4, -0.2) is 52.7 Å². The van der Waals surface area contributed by atoms with Crippen LogP contribution >= 0.6 is 0 Å². The number of aliphatic hydroxyl groups is 1. The second-order valence-corrected chi connectivity index (χ2v) is 5.26. The summed E-state index contributed by atoms with van der Waals surface area (Å²) in [5.41, 5.74) is 1.29. The van der Waals surface area contributed by atoms with Crippen LogP contribution in [0.4, 0.5) is 0 Å². The summed E-state index contributed by atoms with van der Waals surface area (Å²) in [5, 5.41) is 18.9. The van der Waals surface area contributed by atoms with Crippen LogP contribution in [0.2, 0.25) is 0 Å². The van der Waals surface area contributed by atoms with Gasteiger partial charge in [-0.1, -0.05) is 0 Å². The molecule has 0 spiro atoms. The first-order valence-electron chi connectivity index (χ1n) is 6.75. The lowest BCUT2D eigenvalue weighted by Crippen LogP contribution is -2.35. The summed E-state index contributed by atoms with van der Waals surface area (Å²) in [5.74, 6) is -0.408. The van der Waals surface area contributed by atoms with Gasteiger partial charge in [-0.3, -0.25) is 14.5 Å². The summed E-state index contributed by atoms with van der Waals surface area (Å²) >= 11 is 0. The zero-order chi connectivity index (χ0) is 15.6. The van der Waals surface area contributed by atoms with Crippen LogP contribution in [0, 0.1) is 0 Å². The van der Waals surface area contributed by atoms with Gasteiger partial charge in [-0.2, -0.15) is 0 Å². The number of carbonyl (C=O) groups excluding carboxylic acids is 1. The lowest BCUT2D eigenvalue weighted by Gasteiger charge is -2.22. The van der Waals surface area contributed by atoms with Crippen molar-refractivity contribution in [1.82, 2.24) is 4.90 Å². The van der Waals surface area contributed by atoms with Gasteiger partial charge in [0.1, 0.15) is 11.8 Å². The molecule has 0 aromatic heterocycles. The molecule has 1 aliphatic heterocycles. The van der Waals surface area contributed by atoms with E-state index in [1.54, 1.807) is 23.1 Å². The first kappa shape index (κ1) is 15.5. The van der Waals surface area contributed by atoms with Crippen LogP contribution in [0.15, 0.2) is 18.2 Å². The molecular weight excluding hydrogens is 274 g/mol. The zero-order valence-electron chi connectivity index (χ0n) is 12.1. The highest BCUT2D eigenvalue weighted by atomic mass is 16.5.